The lowest BCUT2D eigenvalue weighted by atomic mass is 9.98. The van der Waals surface area contributed by atoms with Crippen molar-refractivity contribution in [3.8, 4) is 0 Å². The molecule has 0 radical (unpaired) electrons. The summed E-state index contributed by atoms with van der Waals surface area (Å²) in [6, 6.07) is 11.5. The molecule has 0 heterocycles. The third-order valence-corrected chi connectivity index (χ3v) is 3.79. The molecule has 2 aromatic carbocycles. The third-order valence-electron chi connectivity index (χ3n) is 3.15. The smallest absolute Gasteiger partial charge is 0.137 e. The van der Waals surface area contributed by atoms with Gasteiger partial charge in [0.2, 0.25) is 0 Å². The monoisotopic (exact) mass is 339 g/mol. The van der Waals surface area contributed by atoms with Gasteiger partial charge in [-0.2, -0.15) is 0 Å². The minimum Gasteiger partial charge on any atom is -0.310 e. The number of nitrogens with one attached hydrogen (secondary N) is 1. The summed E-state index contributed by atoms with van der Waals surface area (Å²) >= 11 is 3.16. The van der Waals surface area contributed by atoms with Crippen molar-refractivity contribution >= 4 is 15.9 Å². The van der Waals surface area contributed by atoms with Crippen LogP contribution in [-0.2, 0) is 6.42 Å². The maximum atomic E-state index is 13.6. The molecular formula is C16H16BrF2N. The molecule has 20 heavy (non-hydrogen) atoms. The maximum Gasteiger partial charge on any atom is 0.137 e. The number of halogens is 3. The lowest BCUT2D eigenvalue weighted by Crippen LogP contribution is -2.23. The molecule has 0 aliphatic heterocycles. The number of benzene rings is 2. The third kappa shape index (κ3) is 3.87. The van der Waals surface area contributed by atoms with E-state index < -0.39 is 0 Å². The van der Waals surface area contributed by atoms with E-state index in [-0.39, 0.29) is 17.7 Å². The first-order valence-electron chi connectivity index (χ1n) is 6.53. The van der Waals surface area contributed by atoms with E-state index in [2.05, 4.69) is 21.2 Å². The van der Waals surface area contributed by atoms with Crippen molar-refractivity contribution in [3.63, 3.8) is 0 Å². The molecule has 106 valence electrons. The largest absolute Gasteiger partial charge is 0.310 e. The number of likely N-dealkylation sites (N-methyl/N-ethyl adjacent to an activating group) is 1. The molecule has 0 aliphatic rings. The van der Waals surface area contributed by atoms with Gasteiger partial charge >= 0.3 is 0 Å². The minimum absolute atomic E-state index is 0.00746. The summed E-state index contributed by atoms with van der Waals surface area (Å²) in [5, 5.41) is 3.33. The normalized spacial score (nSPS) is 12.4. The summed E-state index contributed by atoms with van der Waals surface area (Å²) in [5.74, 6) is -0.520. The Morgan fingerprint density at radius 3 is 2.40 bits per heavy atom. The number of rotatable bonds is 5. The van der Waals surface area contributed by atoms with Crippen molar-refractivity contribution < 1.29 is 8.78 Å². The zero-order chi connectivity index (χ0) is 14.5. The molecule has 0 spiro atoms. The maximum absolute atomic E-state index is 13.6. The average Bonchev–Trinajstić information content (AvgIpc) is 2.44. The highest BCUT2D eigenvalue weighted by Gasteiger charge is 2.13. The zero-order valence-corrected chi connectivity index (χ0v) is 12.8. The Hall–Kier alpha value is -1.26. The fourth-order valence-electron chi connectivity index (χ4n) is 2.14. The van der Waals surface area contributed by atoms with E-state index in [0.717, 1.165) is 17.7 Å². The van der Waals surface area contributed by atoms with Gasteiger partial charge in [0.25, 0.3) is 0 Å². The van der Waals surface area contributed by atoms with E-state index in [0.29, 0.717) is 10.9 Å². The fourth-order valence-corrected chi connectivity index (χ4v) is 2.39. The molecule has 0 fully saturated rings. The predicted octanol–water partition coefficient (Wildman–Crippen LogP) is 4.62. The van der Waals surface area contributed by atoms with Gasteiger partial charge in [-0.25, -0.2) is 8.78 Å². The van der Waals surface area contributed by atoms with E-state index in [1.54, 1.807) is 18.2 Å². The summed E-state index contributed by atoms with van der Waals surface area (Å²) in [5.41, 5.74) is 1.90. The first kappa shape index (κ1) is 15.1. The highest BCUT2D eigenvalue weighted by atomic mass is 79.9. The van der Waals surface area contributed by atoms with E-state index in [9.17, 15) is 8.78 Å². The van der Waals surface area contributed by atoms with E-state index in [1.165, 1.54) is 18.2 Å². The van der Waals surface area contributed by atoms with E-state index >= 15 is 0 Å². The first-order valence-corrected chi connectivity index (χ1v) is 7.32. The van der Waals surface area contributed by atoms with Gasteiger partial charge in [-0.05, 0) is 64.3 Å². The predicted molar refractivity (Wildman–Crippen MR) is 80.6 cm³/mol. The van der Waals surface area contributed by atoms with Crippen LogP contribution in [0.15, 0.2) is 46.9 Å². The Bertz CT molecular complexity index is 569. The first-order chi connectivity index (χ1) is 9.60. The van der Waals surface area contributed by atoms with Gasteiger partial charge in [-0.3, -0.25) is 0 Å². The van der Waals surface area contributed by atoms with Gasteiger partial charge in [-0.1, -0.05) is 25.1 Å². The summed E-state index contributed by atoms with van der Waals surface area (Å²) < 4.78 is 27.0. The van der Waals surface area contributed by atoms with Crippen LogP contribution in [0.3, 0.4) is 0 Å². The van der Waals surface area contributed by atoms with Crippen LogP contribution >= 0.6 is 15.9 Å². The quantitative estimate of drug-likeness (QED) is 0.837. The Morgan fingerprint density at radius 2 is 1.80 bits per heavy atom. The second-order valence-electron chi connectivity index (χ2n) is 4.61. The topological polar surface area (TPSA) is 12.0 Å². The molecule has 0 amide bonds. The van der Waals surface area contributed by atoms with Crippen LogP contribution in [-0.4, -0.2) is 6.54 Å². The van der Waals surface area contributed by atoms with Crippen LogP contribution in [0.25, 0.3) is 0 Å². The number of hydrogen-bond acceptors (Lipinski definition) is 1. The van der Waals surface area contributed by atoms with Crippen LogP contribution in [0.1, 0.15) is 24.1 Å². The van der Waals surface area contributed by atoms with Crippen molar-refractivity contribution in [1.29, 1.82) is 0 Å². The van der Waals surface area contributed by atoms with Crippen LogP contribution in [0.5, 0.6) is 0 Å². The lowest BCUT2D eigenvalue weighted by molar-refractivity contribution is 0.541. The molecule has 1 nitrogen and oxygen atoms in total. The lowest BCUT2D eigenvalue weighted by Gasteiger charge is -2.19. The van der Waals surface area contributed by atoms with Crippen LogP contribution < -0.4 is 5.32 Å². The molecule has 0 aromatic heterocycles. The summed E-state index contributed by atoms with van der Waals surface area (Å²) in [7, 11) is 0. The van der Waals surface area contributed by atoms with Crippen molar-refractivity contribution in [2.75, 3.05) is 6.54 Å². The molecule has 1 N–H and O–H groups in total. The Kier molecular flexibility index (Phi) is 5.26. The Balaban J connectivity index is 2.21. The molecule has 0 aliphatic carbocycles. The molecule has 2 rings (SSSR count). The highest BCUT2D eigenvalue weighted by Crippen LogP contribution is 2.23. The SMILES string of the molecule is CCNC(Cc1ccc(F)cc1)c1ccc(Br)c(F)c1. The molecular weight excluding hydrogens is 324 g/mol. The zero-order valence-electron chi connectivity index (χ0n) is 11.2. The van der Waals surface area contributed by atoms with Crippen molar-refractivity contribution in [2.45, 2.75) is 19.4 Å². The Labute approximate surface area is 126 Å². The summed E-state index contributed by atoms with van der Waals surface area (Å²) in [4.78, 5) is 0. The number of hydrogen-bond donors (Lipinski definition) is 1. The van der Waals surface area contributed by atoms with Gasteiger partial charge in [0.1, 0.15) is 11.6 Å². The highest BCUT2D eigenvalue weighted by molar-refractivity contribution is 9.10. The van der Waals surface area contributed by atoms with Gasteiger partial charge in [0.15, 0.2) is 0 Å². The standard InChI is InChI=1S/C16H16BrF2N/c1-2-20-16(9-11-3-6-13(18)7-4-11)12-5-8-14(17)15(19)10-12/h3-8,10,16,20H,2,9H2,1H3. The van der Waals surface area contributed by atoms with Crippen LogP contribution in [0.2, 0.25) is 0 Å². The van der Waals surface area contributed by atoms with Gasteiger partial charge < -0.3 is 5.32 Å². The van der Waals surface area contributed by atoms with Gasteiger partial charge in [0.05, 0.1) is 4.47 Å². The molecule has 0 saturated carbocycles. The van der Waals surface area contributed by atoms with Crippen LogP contribution in [0, 0.1) is 11.6 Å². The van der Waals surface area contributed by atoms with Crippen molar-refractivity contribution in [3.05, 3.63) is 69.7 Å². The van der Waals surface area contributed by atoms with E-state index in [1.807, 2.05) is 13.0 Å². The van der Waals surface area contributed by atoms with Crippen molar-refractivity contribution in [2.24, 2.45) is 0 Å². The second-order valence-corrected chi connectivity index (χ2v) is 5.47. The molecule has 1 atom stereocenters. The molecule has 0 saturated heterocycles. The fraction of sp³-hybridized carbons (Fsp3) is 0.250. The second kappa shape index (κ2) is 6.95. The Morgan fingerprint density at radius 1 is 1.10 bits per heavy atom. The van der Waals surface area contributed by atoms with Gasteiger partial charge in [-0.15, -0.1) is 0 Å². The summed E-state index contributed by atoms with van der Waals surface area (Å²) in [6.45, 7) is 2.79. The van der Waals surface area contributed by atoms with Crippen molar-refractivity contribution in [1.82, 2.24) is 5.32 Å². The van der Waals surface area contributed by atoms with Gasteiger partial charge in [0, 0.05) is 6.04 Å². The average molecular weight is 340 g/mol. The molecule has 2 aromatic rings. The molecule has 0 bridgehead atoms. The molecule has 1 unspecified atom stereocenters. The van der Waals surface area contributed by atoms with Crippen LogP contribution in [0.4, 0.5) is 8.78 Å². The molecule has 4 heteroatoms. The minimum atomic E-state index is -0.274. The summed E-state index contributed by atoms with van der Waals surface area (Å²) in [6.07, 6.45) is 0.690. The van der Waals surface area contributed by atoms with E-state index in [4.69, 9.17) is 0 Å².